The molecule has 0 spiro atoms. The van der Waals surface area contributed by atoms with Gasteiger partial charge in [-0.3, -0.25) is 0 Å². The lowest BCUT2D eigenvalue weighted by Crippen LogP contribution is -2.38. The van der Waals surface area contributed by atoms with E-state index in [1.807, 2.05) is 36.4 Å². The highest BCUT2D eigenvalue weighted by Gasteiger charge is 2.20. The largest absolute Gasteiger partial charge is 0.414 e. The molecular formula is C23H21Cl2N3O2. The molecule has 30 heavy (non-hydrogen) atoms. The van der Waals surface area contributed by atoms with Gasteiger partial charge in [-0.1, -0.05) is 78.9 Å². The Morgan fingerprint density at radius 3 is 2.13 bits per heavy atom. The Kier molecular flexibility index (Phi) is 6.50. The average molecular weight is 442 g/mol. The second kappa shape index (κ2) is 9.45. The van der Waals surface area contributed by atoms with Gasteiger partial charge < -0.3 is 10.1 Å². The van der Waals surface area contributed by atoms with E-state index in [0.717, 1.165) is 31.2 Å². The maximum absolute atomic E-state index is 12.4. The Hall–Kier alpha value is -2.63. The number of carbonyl (C=O) groups is 1. The fourth-order valence-corrected chi connectivity index (χ4v) is 4.10. The van der Waals surface area contributed by atoms with Crippen molar-refractivity contribution >= 4 is 29.3 Å². The summed E-state index contributed by atoms with van der Waals surface area (Å²) in [7, 11) is 0. The van der Waals surface area contributed by atoms with Gasteiger partial charge in [-0.15, -0.1) is 0 Å². The van der Waals surface area contributed by atoms with Crippen LogP contribution in [0.5, 0.6) is 5.88 Å². The maximum Gasteiger partial charge on any atom is 0.414 e. The van der Waals surface area contributed by atoms with Crippen molar-refractivity contribution in [3.63, 3.8) is 0 Å². The van der Waals surface area contributed by atoms with E-state index >= 15 is 0 Å². The van der Waals surface area contributed by atoms with Gasteiger partial charge in [0.2, 0.25) is 5.88 Å². The highest BCUT2D eigenvalue weighted by Crippen LogP contribution is 2.37. The first-order valence-corrected chi connectivity index (χ1v) is 10.7. The minimum absolute atomic E-state index is 0.106. The molecule has 1 aromatic heterocycles. The molecule has 1 N–H and O–H groups in total. The summed E-state index contributed by atoms with van der Waals surface area (Å²) in [5.41, 5.74) is 2.46. The van der Waals surface area contributed by atoms with Crippen LogP contribution in [0, 0.1) is 0 Å². The number of aromatic nitrogens is 2. The Balaban J connectivity index is 1.67. The quantitative estimate of drug-likeness (QED) is 0.499. The van der Waals surface area contributed by atoms with Gasteiger partial charge in [-0.25, -0.2) is 14.8 Å². The van der Waals surface area contributed by atoms with E-state index in [4.69, 9.17) is 27.9 Å². The van der Waals surface area contributed by atoms with Crippen molar-refractivity contribution in [3.05, 3.63) is 64.8 Å². The molecule has 5 nitrogen and oxygen atoms in total. The van der Waals surface area contributed by atoms with E-state index < -0.39 is 6.09 Å². The number of ether oxygens (including phenoxy) is 1. The van der Waals surface area contributed by atoms with E-state index in [9.17, 15) is 4.79 Å². The van der Waals surface area contributed by atoms with Crippen molar-refractivity contribution in [2.75, 3.05) is 0 Å². The molecule has 0 aliphatic heterocycles. The van der Waals surface area contributed by atoms with Crippen LogP contribution in [0.4, 0.5) is 4.79 Å². The molecule has 4 rings (SSSR count). The first kappa shape index (κ1) is 20.6. The monoisotopic (exact) mass is 441 g/mol. The SMILES string of the molecule is O=C(NC1CCCCC1)Oc1cnc(-c2ccccc2Cl)c(-c2ccccc2Cl)n1. The fraction of sp³-hybridized carbons (Fsp3) is 0.261. The Bertz CT molecular complexity index is 1050. The van der Waals surface area contributed by atoms with E-state index in [1.165, 1.54) is 12.6 Å². The van der Waals surface area contributed by atoms with Crippen LogP contribution in [-0.2, 0) is 0 Å². The molecule has 2 aromatic carbocycles. The summed E-state index contributed by atoms with van der Waals surface area (Å²) in [4.78, 5) is 21.4. The molecule has 0 unspecified atom stereocenters. The van der Waals surface area contributed by atoms with Gasteiger partial charge in [0.25, 0.3) is 0 Å². The number of hydrogen-bond donors (Lipinski definition) is 1. The van der Waals surface area contributed by atoms with Gasteiger partial charge in [-0.2, -0.15) is 0 Å². The van der Waals surface area contributed by atoms with Crippen LogP contribution in [0.3, 0.4) is 0 Å². The highest BCUT2D eigenvalue weighted by molar-refractivity contribution is 6.34. The number of carbonyl (C=O) groups excluding carboxylic acids is 1. The zero-order chi connectivity index (χ0) is 20.9. The summed E-state index contributed by atoms with van der Waals surface area (Å²) in [6, 6.07) is 14.8. The standard InChI is InChI=1S/C23H21Cl2N3O2/c24-18-12-6-4-10-16(18)21-22(17-11-5-7-13-19(17)25)28-20(14-26-21)30-23(29)27-15-8-2-1-3-9-15/h4-7,10-15H,1-3,8-9H2,(H,27,29). The van der Waals surface area contributed by atoms with Crippen molar-refractivity contribution in [1.29, 1.82) is 0 Å². The van der Waals surface area contributed by atoms with Crippen LogP contribution >= 0.6 is 23.2 Å². The van der Waals surface area contributed by atoms with E-state index in [-0.39, 0.29) is 11.9 Å². The molecule has 3 aromatic rings. The van der Waals surface area contributed by atoms with Crippen LogP contribution in [0.1, 0.15) is 32.1 Å². The topological polar surface area (TPSA) is 64.1 Å². The third-order valence-electron chi connectivity index (χ3n) is 5.13. The Labute approximate surface area is 185 Å². The van der Waals surface area contributed by atoms with Crippen LogP contribution < -0.4 is 10.1 Å². The number of amides is 1. The van der Waals surface area contributed by atoms with Crippen molar-refractivity contribution in [3.8, 4) is 28.4 Å². The third kappa shape index (κ3) is 4.74. The fourth-order valence-electron chi connectivity index (χ4n) is 3.65. The normalized spacial score (nSPS) is 14.3. The summed E-state index contributed by atoms with van der Waals surface area (Å²) >= 11 is 12.8. The molecule has 154 valence electrons. The van der Waals surface area contributed by atoms with Gasteiger partial charge in [0.05, 0.1) is 21.9 Å². The number of nitrogens with zero attached hydrogens (tertiary/aromatic N) is 2. The molecular weight excluding hydrogens is 421 g/mol. The summed E-state index contributed by atoms with van der Waals surface area (Å²) in [6.07, 6.45) is 6.30. The zero-order valence-corrected chi connectivity index (χ0v) is 17.8. The molecule has 7 heteroatoms. The lowest BCUT2D eigenvalue weighted by atomic mass is 9.96. The average Bonchev–Trinajstić information content (AvgIpc) is 2.75. The number of halogens is 2. The van der Waals surface area contributed by atoms with Crippen LogP contribution in [0.2, 0.25) is 10.0 Å². The predicted octanol–water partition coefficient (Wildman–Crippen LogP) is 6.54. The van der Waals surface area contributed by atoms with Crippen molar-refractivity contribution in [1.82, 2.24) is 15.3 Å². The smallest absolute Gasteiger partial charge is 0.390 e. The van der Waals surface area contributed by atoms with Crippen molar-refractivity contribution in [2.24, 2.45) is 0 Å². The second-order valence-corrected chi connectivity index (χ2v) is 8.05. The van der Waals surface area contributed by atoms with Gasteiger partial charge in [-0.05, 0) is 25.0 Å². The molecule has 0 bridgehead atoms. The Morgan fingerprint density at radius 2 is 1.50 bits per heavy atom. The molecule has 0 saturated heterocycles. The van der Waals surface area contributed by atoms with E-state index in [0.29, 0.717) is 27.0 Å². The number of hydrogen-bond acceptors (Lipinski definition) is 4. The number of benzene rings is 2. The predicted molar refractivity (Wildman–Crippen MR) is 119 cm³/mol. The summed E-state index contributed by atoms with van der Waals surface area (Å²) in [5.74, 6) is 0.106. The van der Waals surface area contributed by atoms with Crippen LogP contribution in [0.15, 0.2) is 54.7 Å². The second-order valence-electron chi connectivity index (χ2n) is 7.23. The van der Waals surface area contributed by atoms with Crippen molar-refractivity contribution in [2.45, 2.75) is 38.1 Å². The maximum atomic E-state index is 12.4. The minimum atomic E-state index is -0.521. The number of rotatable bonds is 4. The molecule has 1 saturated carbocycles. The summed E-state index contributed by atoms with van der Waals surface area (Å²) in [6.45, 7) is 0. The van der Waals surface area contributed by atoms with Gasteiger partial charge >= 0.3 is 6.09 Å². The lowest BCUT2D eigenvalue weighted by molar-refractivity contribution is 0.190. The molecule has 1 aliphatic carbocycles. The summed E-state index contributed by atoms with van der Waals surface area (Å²) in [5, 5.41) is 3.98. The van der Waals surface area contributed by atoms with Gasteiger partial charge in [0.1, 0.15) is 5.69 Å². The van der Waals surface area contributed by atoms with E-state index in [1.54, 1.807) is 12.1 Å². The molecule has 1 fully saturated rings. The lowest BCUT2D eigenvalue weighted by Gasteiger charge is -2.22. The van der Waals surface area contributed by atoms with Crippen LogP contribution in [-0.4, -0.2) is 22.1 Å². The van der Waals surface area contributed by atoms with Gasteiger partial charge in [0.15, 0.2) is 0 Å². The first-order valence-electron chi connectivity index (χ1n) is 9.97. The van der Waals surface area contributed by atoms with Crippen molar-refractivity contribution < 1.29 is 9.53 Å². The van der Waals surface area contributed by atoms with E-state index in [2.05, 4.69) is 15.3 Å². The highest BCUT2D eigenvalue weighted by atomic mass is 35.5. The molecule has 1 amide bonds. The Morgan fingerprint density at radius 1 is 0.900 bits per heavy atom. The summed E-state index contributed by atoms with van der Waals surface area (Å²) < 4.78 is 5.44. The van der Waals surface area contributed by atoms with Gasteiger partial charge in [0, 0.05) is 17.2 Å². The molecule has 0 radical (unpaired) electrons. The minimum Gasteiger partial charge on any atom is -0.390 e. The van der Waals surface area contributed by atoms with Crippen LogP contribution in [0.25, 0.3) is 22.5 Å². The third-order valence-corrected chi connectivity index (χ3v) is 5.79. The molecule has 0 atom stereocenters. The first-order chi connectivity index (χ1) is 14.6. The number of nitrogens with one attached hydrogen (secondary N) is 1. The zero-order valence-electron chi connectivity index (χ0n) is 16.3. The molecule has 1 aliphatic rings. The molecule has 1 heterocycles.